The van der Waals surface area contributed by atoms with E-state index in [0.717, 1.165) is 6.07 Å². The molecule has 4 N–H and O–H groups in total. The highest BCUT2D eigenvalue weighted by atomic mass is 32.2. The van der Waals surface area contributed by atoms with Gasteiger partial charge in [-0.3, -0.25) is 4.79 Å². The highest BCUT2D eigenvalue weighted by Crippen LogP contribution is 2.21. The first-order valence-electron chi connectivity index (χ1n) is 6.19. The van der Waals surface area contributed by atoms with Gasteiger partial charge in [0.05, 0.1) is 10.5 Å². The topological polar surface area (TPSA) is 127 Å². The minimum absolute atomic E-state index is 0.110. The maximum Gasteiger partial charge on any atom is 0.335 e. The molecule has 1 aromatic rings. The molecular formula is C13H18N2O5S. The zero-order chi connectivity index (χ0) is 16.4. The molecule has 0 saturated carbocycles. The molecule has 1 unspecified atom stereocenters. The van der Waals surface area contributed by atoms with E-state index in [1.165, 1.54) is 13.0 Å². The van der Waals surface area contributed by atoms with E-state index in [0.29, 0.717) is 11.1 Å². The molecule has 0 spiro atoms. The molecule has 0 aliphatic carbocycles. The van der Waals surface area contributed by atoms with Crippen molar-refractivity contribution in [1.82, 2.24) is 4.72 Å². The SMILES string of the molecule is Cc1cc(C(=O)O)cc(S(=O)(=O)NC(C)CC(N)=O)c1C. The highest BCUT2D eigenvalue weighted by Gasteiger charge is 2.23. The first kappa shape index (κ1) is 17.1. The van der Waals surface area contributed by atoms with Gasteiger partial charge >= 0.3 is 5.97 Å². The largest absolute Gasteiger partial charge is 0.478 e. The van der Waals surface area contributed by atoms with Gasteiger partial charge in [0.15, 0.2) is 0 Å². The van der Waals surface area contributed by atoms with Crippen LogP contribution in [0.5, 0.6) is 0 Å². The number of carbonyl (C=O) groups is 2. The van der Waals surface area contributed by atoms with Crippen molar-refractivity contribution in [2.45, 2.75) is 38.1 Å². The molecule has 1 aromatic carbocycles. The minimum atomic E-state index is -3.94. The number of aromatic carboxylic acids is 1. The second-order valence-corrected chi connectivity index (χ2v) is 6.60. The van der Waals surface area contributed by atoms with Crippen molar-refractivity contribution in [3.63, 3.8) is 0 Å². The number of benzene rings is 1. The molecule has 1 amide bonds. The summed E-state index contributed by atoms with van der Waals surface area (Å²) in [4.78, 5) is 21.7. The van der Waals surface area contributed by atoms with E-state index in [4.69, 9.17) is 10.8 Å². The van der Waals surface area contributed by atoms with Gasteiger partial charge in [0.2, 0.25) is 15.9 Å². The van der Waals surface area contributed by atoms with Crippen LogP contribution in [0.4, 0.5) is 0 Å². The van der Waals surface area contributed by atoms with Gasteiger partial charge in [-0.2, -0.15) is 0 Å². The second-order valence-electron chi connectivity index (χ2n) is 4.91. The summed E-state index contributed by atoms with van der Waals surface area (Å²) in [6.07, 6.45) is -0.143. The number of primary amides is 1. The Morgan fingerprint density at radius 2 is 1.90 bits per heavy atom. The number of rotatable bonds is 6. The van der Waals surface area contributed by atoms with Crippen molar-refractivity contribution in [3.05, 3.63) is 28.8 Å². The molecule has 1 rings (SSSR count). The number of hydrogen-bond donors (Lipinski definition) is 3. The van der Waals surface area contributed by atoms with Gasteiger partial charge < -0.3 is 10.8 Å². The Morgan fingerprint density at radius 3 is 2.38 bits per heavy atom. The Hall–Kier alpha value is -1.93. The zero-order valence-corrected chi connectivity index (χ0v) is 12.8. The minimum Gasteiger partial charge on any atom is -0.478 e. The van der Waals surface area contributed by atoms with E-state index in [1.807, 2.05) is 0 Å². The Labute approximate surface area is 123 Å². The van der Waals surface area contributed by atoms with E-state index in [9.17, 15) is 18.0 Å². The summed E-state index contributed by atoms with van der Waals surface area (Å²) in [7, 11) is -3.94. The summed E-state index contributed by atoms with van der Waals surface area (Å²) < 4.78 is 26.9. The standard InChI is InChI=1S/C13H18N2O5S/c1-7-4-10(13(17)18)6-11(9(7)3)21(19,20)15-8(2)5-12(14)16/h4,6,8,15H,5H2,1-3H3,(H2,14,16)(H,17,18). The maximum absolute atomic E-state index is 12.3. The molecule has 0 aromatic heterocycles. The van der Waals surface area contributed by atoms with Crippen molar-refractivity contribution in [3.8, 4) is 0 Å². The average Bonchev–Trinajstić information content (AvgIpc) is 2.29. The summed E-state index contributed by atoms with van der Waals surface area (Å²) in [5.74, 6) is -1.84. The number of amides is 1. The molecule has 1 atom stereocenters. The van der Waals surface area contributed by atoms with Crippen molar-refractivity contribution in [2.24, 2.45) is 5.73 Å². The number of aryl methyl sites for hydroxylation is 1. The van der Waals surface area contributed by atoms with E-state index in [-0.39, 0.29) is 16.9 Å². The Bertz CT molecular complexity index is 682. The maximum atomic E-state index is 12.3. The molecular weight excluding hydrogens is 296 g/mol. The van der Waals surface area contributed by atoms with Crippen LogP contribution in [0.1, 0.15) is 34.8 Å². The lowest BCUT2D eigenvalue weighted by Crippen LogP contribution is -2.36. The van der Waals surface area contributed by atoms with E-state index in [1.54, 1.807) is 13.8 Å². The molecule has 8 heteroatoms. The van der Waals surface area contributed by atoms with Crippen LogP contribution in [0.2, 0.25) is 0 Å². The number of nitrogens with two attached hydrogens (primary N) is 1. The average molecular weight is 314 g/mol. The number of carboxylic acid groups (broad SMARTS) is 1. The number of hydrogen-bond acceptors (Lipinski definition) is 4. The lowest BCUT2D eigenvalue weighted by Gasteiger charge is -2.16. The fourth-order valence-corrected chi connectivity index (χ4v) is 3.49. The van der Waals surface area contributed by atoms with Crippen LogP contribution >= 0.6 is 0 Å². The van der Waals surface area contributed by atoms with Gasteiger partial charge in [-0.15, -0.1) is 0 Å². The Balaban J connectivity index is 3.25. The van der Waals surface area contributed by atoms with E-state index in [2.05, 4.69) is 4.72 Å². The fourth-order valence-electron chi connectivity index (χ4n) is 1.90. The fraction of sp³-hybridized carbons (Fsp3) is 0.385. The molecule has 0 aliphatic rings. The third-order valence-electron chi connectivity index (χ3n) is 3.02. The first-order chi connectivity index (χ1) is 9.54. The quantitative estimate of drug-likeness (QED) is 0.706. The molecule has 116 valence electrons. The summed E-state index contributed by atoms with van der Waals surface area (Å²) in [6.45, 7) is 4.73. The molecule has 0 saturated heterocycles. The van der Waals surface area contributed by atoms with Crippen LogP contribution in [0.25, 0.3) is 0 Å². The number of carbonyl (C=O) groups excluding carboxylic acids is 1. The van der Waals surface area contributed by atoms with Crippen LogP contribution in [0.15, 0.2) is 17.0 Å². The van der Waals surface area contributed by atoms with Crippen LogP contribution in [0.3, 0.4) is 0 Å². The van der Waals surface area contributed by atoms with Gasteiger partial charge in [-0.05, 0) is 44.0 Å². The zero-order valence-electron chi connectivity index (χ0n) is 12.0. The molecule has 21 heavy (non-hydrogen) atoms. The predicted molar refractivity (Wildman–Crippen MR) is 76.5 cm³/mol. The summed E-state index contributed by atoms with van der Waals surface area (Å²) in [6, 6.07) is 1.83. The predicted octanol–water partition coefficient (Wildman–Crippen LogP) is 0.544. The highest BCUT2D eigenvalue weighted by molar-refractivity contribution is 7.89. The summed E-state index contributed by atoms with van der Waals surface area (Å²) >= 11 is 0. The Kier molecular flexibility index (Phi) is 5.08. The smallest absolute Gasteiger partial charge is 0.335 e. The van der Waals surface area contributed by atoms with Gasteiger partial charge in [0.1, 0.15) is 0 Å². The summed E-state index contributed by atoms with van der Waals surface area (Å²) in [5, 5.41) is 9.01. The lowest BCUT2D eigenvalue weighted by atomic mass is 10.1. The lowest BCUT2D eigenvalue weighted by molar-refractivity contribution is -0.118. The molecule has 0 heterocycles. The number of carboxylic acids is 1. The van der Waals surface area contributed by atoms with Crippen molar-refractivity contribution in [2.75, 3.05) is 0 Å². The molecule has 0 aliphatic heterocycles. The molecule has 0 radical (unpaired) electrons. The van der Waals surface area contributed by atoms with Gasteiger partial charge in [0, 0.05) is 12.5 Å². The summed E-state index contributed by atoms with van der Waals surface area (Å²) in [5.41, 5.74) is 5.92. The van der Waals surface area contributed by atoms with E-state index < -0.39 is 27.9 Å². The normalized spacial score (nSPS) is 12.9. The van der Waals surface area contributed by atoms with Crippen LogP contribution in [-0.2, 0) is 14.8 Å². The van der Waals surface area contributed by atoms with Gasteiger partial charge in [-0.25, -0.2) is 17.9 Å². The van der Waals surface area contributed by atoms with Gasteiger partial charge in [-0.1, -0.05) is 0 Å². The molecule has 0 bridgehead atoms. The third kappa shape index (κ3) is 4.27. The monoisotopic (exact) mass is 314 g/mol. The van der Waals surface area contributed by atoms with Gasteiger partial charge in [0.25, 0.3) is 0 Å². The third-order valence-corrected chi connectivity index (χ3v) is 4.74. The van der Waals surface area contributed by atoms with Crippen molar-refractivity contribution in [1.29, 1.82) is 0 Å². The van der Waals surface area contributed by atoms with Crippen LogP contribution in [0, 0.1) is 13.8 Å². The van der Waals surface area contributed by atoms with Crippen LogP contribution < -0.4 is 10.5 Å². The number of nitrogens with one attached hydrogen (secondary N) is 1. The van der Waals surface area contributed by atoms with Crippen molar-refractivity contribution >= 4 is 21.9 Å². The molecule has 7 nitrogen and oxygen atoms in total. The number of sulfonamides is 1. The van der Waals surface area contributed by atoms with Crippen molar-refractivity contribution < 1.29 is 23.1 Å². The molecule has 0 fully saturated rings. The second kappa shape index (κ2) is 6.23. The Morgan fingerprint density at radius 1 is 1.33 bits per heavy atom. The van der Waals surface area contributed by atoms with E-state index >= 15 is 0 Å². The first-order valence-corrected chi connectivity index (χ1v) is 7.68. The van der Waals surface area contributed by atoms with Crippen LogP contribution in [-0.4, -0.2) is 31.4 Å².